The number of hydrogen-bond acceptors (Lipinski definition) is 3. The molecule has 0 heterocycles. The fourth-order valence-electron chi connectivity index (χ4n) is 4.32. The van der Waals surface area contributed by atoms with E-state index in [9.17, 15) is 29.7 Å². The van der Waals surface area contributed by atoms with E-state index in [0.29, 0.717) is 0 Å². The number of carboxylic acids is 3. The van der Waals surface area contributed by atoms with Crippen molar-refractivity contribution < 1.29 is 34.2 Å². The highest BCUT2D eigenvalue weighted by molar-refractivity contribution is 5.70. The zero-order valence-electron chi connectivity index (χ0n) is 21.3. The van der Waals surface area contributed by atoms with Crippen LogP contribution in [0.25, 0.3) is 0 Å². The van der Waals surface area contributed by atoms with Gasteiger partial charge in [-0.05, 0) is 39.7 Å². The summed E-state index contributed by atoms with van der Waals surface area (Å²) >= 11 is 0. The van der Waals surface area contributed by atoms with Gasteiger partial charge in [-0.1, -0.05) is 64.7 Å². The summed E-state index contributed by atoms with van der Waals surface area (Å²) in [6.45, 7) is 7.48. The third kappa shape index (κ3) is 14.8. The molecule has 0 aliphatic heterocycles. The molecule has 0 saturated carbocycles. The Hall–Kier alpha value is -1.89. The number of quaternary nitrogens is 1. The molecule has 0 radical (unpaired) electrons. The average Bonchev–Trinajstić information content (AvgIpc) is 2.74. The summed E-state index contributed by atoms with van der Waals surface area (Å²) in [6.07, 6.45) is 17.1. The van der Waals surface area contributed by atoms with Gasteiger partial charge in [0.2, 0.25) is 0 Å². The van der Waals surface area contributed by atoms with E-state index in [4.69, 9.17) is 0 Å². The molecule has 0 aliphatic rings. The van der Waals surface area contributed by atoms with Gasteiger partial charge in [0.1, 0.15) is 17.8 Å². The quantitative estimate of drug-likeness (QED) is 0.145. The highest BCUT2D eigenvalue weighted by atomic mass is 16.4. The minimum absolute atomic E-state index is 0.0478. The lowest BCUT2D eigenvalue weighted by Crippen LogP contribution is -2.53. The Kier molecular flexibility index (Phi) is 16.6. The van der Waals surface area contributed by atoms with Crippen LogP contribution in [0.2, 0.25) is 0 Å². The number of carboxylic acid groups (broad SMARTS) is 3. The van der Waals surface area contributed by atoms with Crippen LogP contribution < -0.4 is 0 Å². The second-order valence-corrected chi connectivity index (χ2v) is 9.84. The lowest BCUT2D eigenvalue weighted by molar-refractivity contribution is -0.886. The maximum atomic E-state index is 11.5. The zero-order valence-corrected chi connectivity index (χ0v) is 21.3. The lowest BCUT2D eigenvalue weighted by atomic mass is 10.0. The molecule has 3 atom stereocenters. The minimum Gasteiger partial charge on any atom is -0.481 e. The normalized spacial score (nSPS) is 16.2. The molecule has 0 amide bonds. The molecular formula is C26H48NO6+. The van der Waals surface area contributed by atoms with Crippen molar-refractivity contribution in [2.24, 2.45) is 17.8 Å². The molecule has 7 nitrogen and oxygen atoms in total. The molecule has 0 aromatic rings. The molecule has 7 heteroatoms. The van der Waals surface area contributed by atoms with Gasteiger partial charge in [0, 0.05) is 0 Å². The molecule has 0 spiro atoms. The summed E-state index contributed by atoms with van der Waals surface area (Å²) in [4.78, 5) is 34.6. The average molecular weight is 471 g/mol. The Balaban J connectivity index is 4.97. The van der Waals surface area contributed by atoms with Crippen molar-refractivity contribution in [3.05, 3.63) is 12.3 Å². The van der Waals surface area contributed by atoms with Gasteiger partial charge in [-0.25, -0.2) is 0 Å². The van der Waals surface area contributed by atoms with Crippen LogP contribution in [-0.2, 0) is 14.4 Å². The first-order chi connectivity index (χ1) is 15.5. The Labute approximate surface area is 200 Å². The molecule has 33 heavy (non-hydrogen) atoms. The second-order valence-electron chi connectivity index (χ2n) is 9.84. The fraction of sp³-hybridized carbons (Fsp3) is 0.808. The number of unbranched alkanes of at least 4 members (excludes halogenated alkanes) is 10. The van der Waals surface area contributed by atoms with Gasteiger partial charge in [0.15, 0.2) is 0 Å². The highest BCUT2D eigenvalue weighted by Gasteiger charge is 2.37. The first-order valence-electron chi connectivity index (χ1n) is 12.8. The van der Waals surface area contributed by atoms with Crippen molar-refractivity contribution in [2.45, 2.75) is 98.3 Å². The van der Waals surface area contributed by atoms with Crippen LogP contribution >= 0.6 is 0 Å². The first kappa shape index (κ1) is 31.1. The Morgan fingerprint density at radius 1 is 0.636 bits per heavy atom. The zero-order chi connectivity index (χ0) is 25.3. The van der Waals surface area contributed by atoms with Crippen LogP contribution in [0.3, 0.4) is 0 Å². The molecule has 0 rings (SSSR count). The van der Waals surface area contributed by atoms with Gasteiger partial charge in [-0.2, -0.15) is 0 Å². The maximum absolute atomic E-state index is 11.5. The lowest BCUT2D eigenvalue weighted by Gasteiger charge is -2.38. The van der Waals surface area contributed by atoms with Gasteiger partial charge < -0.3 is 15.3 Å². The number of nitrogens with zero attached hydrogens (tertiary/aromatic N) is 1. The number of carbonyl (C=O) groups is 3. The third-order valence-corrected chi connectivity index (χ3v) is 6.32. The summed E-state index contributed by atoms with van der Waals surface area (Å²) in [5, 5.41) is 28.3. The molecule has 3 N–H and O–H groups in total. The highest BCUT2D eigenvalue weighted by Crippen LogP contribution is 2.22. The smallest absolute Gasteiger partial charge is 0.311 e. The van der Waals surface area contributed by atoms with Crippen molar-refractivity contribution in [2.75, 3.05) is 19.6 Å². The Morgan fingerprint density at radius 2 is 0.970 bits per heavy atom. The van der Waals surface area contributed by atoms with E-state index in [2.05, 4.69) is 6.92 Å². The SMILES string of the molecule is CCCCCCCCCCCC/C=C/[N+](CC(C)C(=O)O)(CC(C)C(=O)O)CC(C)C(=O)O. The van der Waals surface area contributed by atoms with Crippen LogP contribution in [0.1, 0.15) is 98.3 Å². The van der Waals surface area contributed by atoms with Crippen LogP contribution in [-0.4, -0.2) is 57.3 Å². The van der Waals surface area contributed by atoms with Crippen LogP contribution in [0.15, 0.2) is 12.3 Å². The predicted octanol–water partition coefficient (Wildman–Crippen LogP) is 5.79. The minimum atomic E-state index is -0.966. The van der Waals surface area contributed by atoms with E-state index in [1.54, 1.807) is 20.8 Å². The van der Waals surface area contributed by atoms with Crippen molar-refractivity contribution in [1.29, 1.82) is 0 Å². The summed E-state index contributed by atoms with van der Waals surface area (Å²) in [5.74, 6) is -5.04. The second kappa shape index (κ2) is 17.6. The van der Waals surface area contributed by atoms with E-state index in [1.165, 1.54) is 51.4 Å². The van der Waals surface area contributed by atoms with Crippen LogP contribution in [0.5, 0.6) is 0 Å². The van der Waals surface area contributed by atoms with E-state index < -0.39 is 35.7 Å². The molecule has 0 saturated heterocycles. The molecule has 192 valence electrons. The first-order valence-corrected chi connectivity index (χ1v) is 12.8. The van der Waals surface area contributed by atoms with Gasteiger partial charge in [-0.15, -0.1) is 0 Å². The number of rotatable bonds is 21. The monoisotopic (exact) mass is 470 g/mol. The molecule has 0 aromatic heterocycles. The molecule has 3 unspecified atom stereocenters. The maximum Gasteiger partial charge on any atom is 0.311 e. The Morgan fingerprint density at radius 3 is 1.30 bits per heavy atom. The standard InChI is InChI=1S/C26H47NO6/c1-5-6-7-8-9-10-11-12-13-14-15-16-17-27(18-21(2)24(28)29,19-22(3)25(30)31)20-23(4)26(32)33/h16-17,21-23H,5-15,18-20H2,1-4H3,(H2-,28,29,30,31,32,33)/p+1/b17-16+. The van der Waals surface area contributed by atoms with Crippen LogP contribution in [0, 0.1) is 17.8 Å². The summed E-state index contributed by atoms with van der Waals surface area (Å²) in [6, 6.07) is 0. The molecule has 0 aliphatic carbocycles. The van der Waals surface area contributed by atoms with Crippen LogP contribution in [0.4, 0.5) is 0 Å². The largest absolute Gasteiger partial charge is 0.481 e. The number of hydrogen-bond donors (Lipinski definition) is 3. The third-order valence-electron chi connectivity index (χ3n) is 6.32. The molecular weight excluding hydrogens is 422 g/mol. The summed E-state index contributed by atoms with van der Waals surface area (Å²) in [7, 11) is 0. The summed E-state index contributed by atoms with van der Waals surface area (Å²) in [5.41, 5.74) is 0. The van der Waals surface area contributed by atoms with Gasteiger partial charge in [-0.3, -0.25) is 18.9 Å². The van der Waals surface area contributed by atoms with Gasteiger partial charge in [0.05, 0.1) is 25.8 Å². The van der Waals surface area contributed by atoms with Gasteiger partial charge >= 0.3 is 17.9 Å². The van der Waals surface area contributed by atoms with Crippen molar-refractivity contribution in [3.63, 3.8) is 0 Å². The number of aliphatic carboxylic acids is 3. The molecule has 0 bridgehead atoms. The van der Waals surface area contributed by atoms with E-state index in [1.807, 2.05) is 12.3 Å². The van der Waals surface area contributed by atoms with Crippen molar-refractivity contribution in [3.8, 4) is 0 Å². The topological polar surface area (TPSA) is 112 Å². The van der Waals surface area contributed by atoms with E-state index >= 15 is 0 Å². The molecule has 0 fully saturated rings. The number of allylic oxidation sites excluding steroid dienone is 1. The van der Waals surface area contributed by atoms with Crippen molar-refractivity contribution in [1.82, 2.24) is 0 Å². The predicted molar refractivity (Wildman–Crippen MR) is 131 cm³/mol. The fourth-order valence-corrected chi connectivity index (χ4v) is 4.32. The van der Waals surface area contributed by atoms with Crippen molar-refractivity contribution >= 4 is 17.9 Å². The van der Waals surface area contributed by atoms with E-state index in [-0.39, 0.29) is 24.1 Å². The van der Waals surface area contributed by atoms with Gasteiger partial charge in [0.25, 0.3) is 0 Å². The molecule has 0 aromatic carbocycles. The van der Waals surface area contributed by atoms with E-state index in [0.717, 1.165) is 19.3 Å². The summed E-state index contributed by atoms with van der Waals surface area (Å²) < 4.78 is 0.0478. The Bertz CT molecular complexity index is 549.